The number of hydrogen-bond donors (Lipinski definition) is 3. The Morgan fingerprint density at radius 2 is 2.19 bits per heavy atom. The van der Waals surface area contributed by atoms with Crippen LogP contribution in [-0.2, 0) is 0 Å². The molecule has 0 aliphatic heterocycles. The van der Waals surface area contributed by atoms with Crippen LogP contribution in [0.2, 0.25) is 0 Å². The third kappa shape index (κ3) is 3.40. The highest BCUT2D eigenvalue weighted by Gasteiger charge is 2.11. The van der Waals surface area contributed by atoms with E-state index in [9.17, 15) is 4.79 Å². The van der Waals surface area contributed by atoms with E-state index in [4.69, 9.17) is 9.84 Å². The first-order chi connectivity index (χ1) is 10.0. The lowest BCUT2D eigenvalue weighted by Crippen LogP contribution is -2.03. The molecule has 0 aliphatic rings. The molecule has 0 atom stereocenters. The van der Waals surface area contributed by atoms with Gasteiger partial charge in [-0.2, -0.15) is 4.98 Å². The number of aromatic carboxylic acids is 1. The van der Waals surface area contributed by atoms with E-state index in [1.807, 2.05) is 0 Å². The molecule has 8 heteroatoms. The van der Waals surface area contributed by atoms with Gasteiger partial charge < -0.3 is 20.5 Å². The van der Waals surface area contributed by atoms with Crippen LogP contribution in [-0.4, -0.2) is 35.2 Å². The number of methoxy groups -OCH3 is 1. The van der Waals surface area contributed by atoms with E-state index < -0.39 is 5.97 Å². The molecule has 0 spiro atoms. The van der Waals surface area contributed by atoms with Gasteiger partial charge in [-0.15, -0.1) is 0 Å². The number of anilines is 3. The van der Waals surface area contributed by atoms with Crippen molar-refractivity contribution in [3.8, 4) is 5.75 Å². The molecular weight excluding hydrogens is 340 g/mol. The number of carboxylic acid groups (broad SMARTS) is 1. The minimum atomic E-state index is -1.02. The summed E-state index contributed by atoms with van der Waals surface area (Å²) < 4.78 is 5.92. The summed E-state index contributed by atoms with van der Waals surface area (Å²) in [6.07, 6.45) is 1.61. The van der Waals surface area contributed by atoms with Crippen molar-refractivity contribution in [3.63, 3.8) is 0 Å². The van der Waals surface area contributed by atoms with Crippen LogP contribution >= 0.6 is 15.9 Å². The average molecular weight is 353 g/mol. The average Bonchev–Trinajstić information content (AvgIpc) is 2.49. The van der Waals surface area contributed by atoms with Crippen LogP contribution in [0.3, 0.4) is 0 Å². The number of benzene rings is 1. The molecule has 1 aromatic heterocycles. The number of nitrogens with zero attached hydrogens (tertiary/aromatic N) is 2. The van der Waals surface area contributed by atoms with E-state index in [0.29, 0.717) is 23.2 Å². The first-order valence-electron chi connectivity index (χ1n) is 5.93. The predicted molar refractivity (Wildman–Crippen MR) is 82.5 cm³/mol. The second-order valence-corrected chi connectivity index (χ2v) is 4.84. The van der Waals surface area contributed by atoms with Gasteiger partial charge in [-0.1, -0.05) is 0 Å². The van der Waals surface area contributed by atoms with Gasteiger partial charge in [0.05, 0.1) is 22.8 Å². The number of hydrogen-bond acceptors (Lipinski definition) is 6. The van der Waals surface area contributed by atoms with Gasteiger partial charge in [-0.05, 0) is 34.1 Å². The quantitative estimate of drug-likeness (QED) is 0.761. The molecule has 2 rings (SSSR count). The minimum Gasteiger partial charge on any atom is -0.495 e. The van der Waals surface area contributed by atoms with Crippen molar-refractivity contribution < 1.29 is 14.6 Å². The topological polar surface area (TPSA) is 96.4 Å². The van der Waals surface area contributed by atoms with E-state index in [-0.39, 0.29) is 5.56 Å². The van der Waals surface area contributed by atoms with Gasteiger partial charge in [0, 0.05) is 13.2 Å². The van der Waals surface area contributed by atoms with Crippen LogP contribution in [0.1, 0.15) is 10.4 Å². The SMILES string of the molecule is CNc1nc(Nc2ccc(C(=O)O)cc2OC)ncc1Br. The zero-order valence-electron chi connectivity index (χ0n) is 11.3. The van der Waals surface area contributed by atoms with Gasteiger partial charge in [-0.25, -0.2) is 9.78 Å². The molecule has 0 unspecified atom stereocenters. The van der Waals surface area contributed by atoms with Crippen LogP contribution in [0.15, 0.2) is 28.9 Å². The minimum absolute atomic E-state index is 0.144. The van der Waals surface area contributed by atoms with Crippen molar-refractivity contribution in [2.24, 2.45) is 0 Å². The number of aromatic nitrogens is 2. The molecule has 0 saturated heterocycles. The third-order valence-corrected chi connectivity index (χ3v) is 3.26. The molecule has 2 aromatic rings. The predicted octanol–water partition coefficient (Wildman–Crippen LogP) is 2.73. The Kier molecular flexibility index (Phi) is 4.59. The summed E-state index contributed by atoms with van der Waals surface area (Å²) >= 11 is 3.32. The number of ether oxygens (including phenoxy) is 1. The molecule has 1 heterocycles. The Labute approximate surface area is 129 Å². The van der Waals surface area contributed by atoms with E-state index in [1.54, 1.807) is 19.3 Å². The van der Waals surface area contributed by atoms with Crippen molar-refractivity contribution in [1.82, 2.24) is 9.97 Å². The standard InChI is InChI=1S/C13H13BrN4O3/c1-15-11-8(14)6-16-13(18-11)17-9-4-3-7(12(19)20)5-10(9)21-2/h3-6H,1-2H3,(H,19,20)(H2,15,16,17,18). The second-order valence-electron chi connectivity index (χ2n) is 3.99. The van der Waals surface area contributed by atoms with Crippen molar-refractivity contribution in [2.45, 2.75) is 0 Å². The third-order valence-electron chi connectivity index (χ3n) is 2.68. The molecule has 1 aromatic carbocycles. The van der Waals surface area contributed by atoms with Gasteiger partial charge >= 0.3 is 5.97 Å². The molecule has 0 radical (unpaired) electrons. The summed E-state index contributed by atoms with van der Waals surface area (Å²) in [5.41, 5.74) is 0.719. The van der Waals surface area contributed by atoms with Gasteiger partial charge in [0.15, 0.2) is 0 Å². The fraction of sp³-hybridized carbons (Fsp3) is 0.154. The number of nitrogens with one attached hydrogen (secondary N) is 2. The number of carbonyl (C=O) groups is 1. The Morgan fingerprint density at radius 1 is 1.43 bits per heavy atom. The molecule has 0 aliphatic carbocycles. The summed E-state index contributed by atoms with van der Waals surface area (Å²) in [5, 5.41) is 14.9. The molecule has 0 fully saturated rings. The van der Waals surface area contributed by atoms with Gasteiger partial charge in [0.2, 0.25) is 5.95 Å². The van der Waals surface area contributed by atoms with Crippen LogP contribution < -0.4 is 15.4 Å². The van der Waals surface area contributed by atoms with Gasteiger partial charge in [0.25, 0.3) is 0 Å². The lowest BCUT2D eigenvalue weighted by atomic mass is 10.2. The van der Waals surface area contributed by atoms with Crippen molar-refractivity contribution in [3.05, 3.63) is 34.4 Å². The molecular formula is C13H13BrN4O3. The van der Waals surface area contributed by atoms with Crippen LogP contribution in [0.25, 0.3) is 0 Å². The zero-order chi connectivity index (χ0) is 15.4. The van der Waals surface area contributed by atoms with Crippen molar-refractivity contribution in [2.75, 3.05) is 24.8 Å². The number of carboxylic acids is 1. The molecule has 0 saturated carbocycles. The fourth-order valence-corrected chi connectivity index (χ4v) is 2.04. The summed E-state index contributed by atoms with van der Waals surface area (Å²) in [6.45, 7) is 0. The monoisotopic (exact) mass is 352 g/mol. The van der Waals surface area contributed by atoms with Crippen LogP contribution in [0.5, 0.6) is 5.75 Å². The van der Waals surface area contributed by atoms with Gasteiger partial charge in [0.1, 0.15) is 11.6 Å². The number of halogens is 1. The van der Waals surface area contributed by atoms with Gasteiger partial charge in [-0.3, -0.25) is 0 Å². The highest BCUT2D eigenvalue weighted by atomic mass is 79.9. The Hall–Kier alpha value is -2.35. The summed E-state index contributed by atoms with van der Waals surface area (Å²) in [7, 11) is 3.22. The fourth-order valence-electron chi connectivity index (χ4n) is 1.65. The summed E-state index contributed by atoms with van der Waals surface area (Å²) in [5.74, 6) is 0.377. The molecule has 110 valence electrons. The Bertz CT molecular complexity index is 678. The zero-order valence-corrected chi connectivity index (χ0v) is 12.9. The second kappa shape index (κ2) is 6.40. The highest BCUT2D eigenvalue weighted by molar-refractivity contribution is 9.10. The summed E-state index contributed by atoms with van der Waals surface area (Å²) in [4.78, 5) is 19.3. The van der Waals surface area contributed by atoms with Crippen LogP contribution in [0, 0.1) is 0 Å². The maximum atomic E-state index is 10.9. The van der Waals surface area contributed by atoms with Crippen LogP contribution in [0.4, 0.5) is 17.5 Å². The van der Waals surface area contributed by atoms with E-state index in [2.05, 4.69) is 36.5 Å². The van der Waals surface area contributed by atoms with E-state index in [0.717, 1.165) is 4.47 Å². The molecule has 3 N–H and O–H groups in total. The van der Waals surface area contributed by atoms with Crippen molar-refractivity contribution >= 4 is 39.4 Å². The maximum Gasteiger partial charge on any atom is 0.335 e. The lowest BCUT2D eigenvalue weighted by molar-refractivity contribution is 0.0696. The van der Waals surface area contributed by atoms with Crippen molar-refractivity contribution in [1.29, 1.82) is 0 Å². The maximum absolute atomic E-state index is 10.9. The first kappa shape index (κ1) is 15.0. The summed E-state index contributed by atoms with van der Waals surface area (Å²) in [6, 6.07) is 4.51. The molecule has 7 nitrogen and oxygen atoms in total. The Balaban J connectivity index is 2.33. The largest absolute Gasteiger partial charge is 0.495 e. The molecule has 0 bridgehead atoms. The first-order valence-corrected chi connectivity index (χ1v) is 6.73. The normalized spacial score (nSPS) is 10.0. The lowest BCUT2D eigenvalue weighted by Gasteiger charge is -2.11. The molecule has 0 amide bonds. The number of rotatable bonds is 5. The van der Waals surface area contributed by atoms with E-state index >= 15 is 0 Å². The highest BCUT2D eigenvalue weighted by Crippen LogP contribution is 2.28. The van der Waals surface area contributed by atoms with E-state index in [1.165, 1.54) is 19.2 Å². The molecule has 21 heavy (non-hydrogen) atoms. The Morgan fingerprint density at radius 3 is 2.81 bits per heavy atom. The smallest absolute Gasteiger partial charge is 0.335 e.